The van der Waals surface area contributed by atoms with Crippen molar-refractivity contribution in [2.24, 2.45) is 0 Å². The van der Waals surface area contributed by atoms with Crippen molar-refractivity contribution < 1.29 is 9.90 Å². The Bertz CT molecular complexity index is 666. The summed E-state index contributed by atoms with van der Waals surface area (Å²) in [5.41, 5.74) is 0.860. The van der Waals surface area contributed by atoms with E-state index in [0.29, 0.717) is 18.8 Å². The zero-order valence-electron chi connectivity index (χ0n) is 11.7. The zero-order valence-corrected chi connectivity index (χ0v) is 11.7. The number of carboxylic acids is 1. The molecule has 3 heterocycles. The van der Waals surface area contributed by atoms with Crippen LogP contribution in [0.15, 0.2) is 18.5 Å². The number of piperidine rings is 1. The van der Waals surface area contributed by atoms with E-state index in [0.717, 1.165) is 24.1 Å². The van der Waals surface area contributed by atoms with E-state index >= 15 is 0 Å². The number of rotatable bonds is 2. The molecule has 6 nitrogen and oxygen atoms in total. The van der Waals surface area contributed by atoms with E-state index in [1.165, 1.54) is 0 Å². The van der Waals surface area contributed by atoms with Crippen LogP contribution in [-0.2, 0) is 4.79 Å². The Balaban J connectivity index is 2.15. The van der Waals surface area contributed by atoms with Crippen molar-refractivity contribution in [3.8, 4) is 0 Å². The Morgan fingerprint density at radius 2 is 2.25 bits per heavy atom. The number of hydrogen-bond donors (Lipinski definition) is 1. The molecule has 2 aromatic heterocycles. The number of aryl methyl sites for hydroxylation is 1. The van der Waals surface area contributed by atoms with Gasteiger partial charge < -0.3 is 10.0 Å². The van der Waals surface area contributed by atoms with Crippen LogP contribution in [0.1, 0.15) is 31.9 Å². The molecule has 0 spiro atoms. The highest BCUT2D eigenvalue weighted by Gasteiger charge is 2.42. The number of aromatic nitrogens is 3. The highest BCUT2D eigenvalue weighted by molar-refractivity contribution is 5.85. The summed E-state index contributed by atoms with van der Waals surface area (Å²) in [6.45, 7) is 4.41. The van der Waals surface area contributed by atoms with Crippen LogP contribution < -0.4 is 4.90 Å². The van der Waals surface area contributed by atoms with E-state index < -0.39 is 11.5 Å². The van der Waals surface area contributed by atoms with Crippen LogP contribution in [0.3, 0.4) is 0 Å². The first kappa shape index (κ1) is 12.9. The quantitative estimate of drug-likeness (QED) is 0.905. The Morgan fingerprint density at radius 1 is 1.45 bits per heavy atom. The molecule has 1 N–H and O–H groups in total. The van der Waals surface area contributed by atoms with E-state index in [2.05, 4.69) is 10.1 Å². The molecule has 1 aliphatic heterocycles. The molecular weight excluding hydrogens is 256 g/mol. The molecule has 1 unspecified atom stereocenters. The third-order valence-corrected chi connectivity index (χ3v) is 4.10. The normalized spacial score (nSPS) is 23.2. The molecule has 20 heavy (non-hydrogen) atoms. The van der Waals surface area contributed by atoms with Crippen molar-refractivity contribution in [2.75, 3.05) is 11.4 Å². The molecular formula is C14H18N4O2. The fraction of sp³-hybridized carbons (Fsp3) is 0.500. The smallest absolute Gasteiger partial charge is 0.329 e. The second-order valence-electron chi connectivity index (χ2n) is 5.55. The maximum atomic E-state index is 11.7. The first-order valence-electron chi connectivity index (χ1n) is 6.84. The topological polar surface area (TPSA) is 70.7 Å². The van der Waals surface area contributed by atoms with Crippen LogP contribution in [-0.4, -0.2) is 37.8 Å². The lowest BCUT2D eigenvalue weighted by Crippen LogP contribution is -2.55. The van der Waals surface area contributed by atoms with E-state index in [1.54, 1.807) is 23.8 Å². The van der Waals surface area contributed by atoms with Gasteiger partial charge in [0.05, 0.1) is 5.69 Å². The molecule has 1 aliphatic rings. The fourth-order valence-electron chi connectivity index (χ4n) is 2.92. The predicted octanol–water partition coefficient (Wildman–Crippen LogP) is 1.87. The van der Waals surface area contributed by atoms with Gasteiger partial charge in [-0.2, -0.15) is 5.10 Å². The molecule has 2 aromatic rings. The average Bonchev–Trinajstić information content (AvgIpc) is 2.79. The largest absolute Gasteiger partial charge is 0.480 e. The Kier molecular flexibility index (Phi) is 2.88. The van der Waals surface area contributed by atoms with Crippen molar-refractivity contribution in [1.29, 1.82) is 0 Å². The first-order valence-corrected chi connectivity index (χ1v) is 6.84. The summed E-state index contributed by atoms with van der Waals surface area (Å²) >= 11 is 0. The number of nitrogens with zero attached hydrogens (tertiary/aromatic N) is 4. The molecule has 0 bridgehead atoms. The minimum Gasteiger partial charge on any atom is -0.480 e. The standard InChI is InChI=1S/C14H18N4O2/c1-10-9-11-12(15-6-8-18(11)16-10)17-7-4-3-5-14(17,2)13(19)20/h6,8-9H,3-5,7H2,1-2H3,(H,19,20). The van der Waals surface area contributed by atoms with Crippen molar-refractivity contribution in [1.82, 2.24) is 14.6 Å². The monoisotopic (exact) mass is 274 g/mol. The fourth-order valence-corrected chi connectivity index (χ4v) is 2.92. The van der Waals surface area contributed by atoms with Gasteiger partial charge in [-0.1, -0.05) is 0 Å². The molecule has 0 aliphatic carbocycles. The van der Waals surface area contributed by atoms with Crippen LogP contribution in [0.25, 0.3) is 5.52 Å². The van der Waals surface area contributed by atoms with Gasteiger partial charge in [-0.3, -0.25) is 0 Å². The van der Waals surface area contributed by atoms with Crippen molar-refractivity contribution in [3.63, 3.8) is 0 Å². The third kappa shape index (κ3) is 1.83. The Labute approximate surface area is 117 Å². The van der Waals surface area contributed by atoms with Gasteiger partial charge in [0, 0.05) is 18.9 Å². The lowest BCUT2D eigenvalue weighted by Gasteiger charge is -2.42. The second-order valence-corrected chi connectivity index (χ2v) is 5.55. The number of hydrogen-bond acceptors (Lipinski definition) is 4. The van der Waals surface area contributed by atoms with Gasteiger partial charge in [0.15, 0.2) is 5.82 Å². The summed E-state index contributed by atoms with van der Waals surface area (Å²) in [7, 11) is 0. The highest BCUT2D eigenvalue weighted by Crippen LogP contribution is 2.34. The first-order chi connectivity index (χ1) is 9.52. The molecule has 0 radical (unpaired) electrons. The maximum absolute atomic E-state index is 11.7. The molecule has 1 fully saturated rings. The van der Waals surface area contributed by atoms with E-state index in [9.17, 15) is 9.90 Å². The van der Waals surface area contributed by atoms with Crippen LogP contribution in [0.2, 0.25) is 0 Å². The van der Waals surface area contributed by atoms with Crippen molar-refractivity contribution >= 4 is 17.3 Å². The summed E-state index contributed by atoms with van der Waals surface area (Å²) in [5.74, 6) is -0.0880. The lowest BCUT2D eigenvalue weighted by atomic mass is 9.88. The minimum absolute atomic E-state index is 0.637. The van der Waals surface area contributed by atoms with Crippen LogP contribution >= 0.6 is 0 Å². The van der Waals surface area contributed by atoms with E-state index in [4.69, 9.17) is 0 Å². The summed E-state index contributed by atoms with van der Waals surface area (Å²) < 4.78 is 1.76. The molecule has 1 saturated heterocycles. The molecule has 0 aromatic carbocycles. The van der Waals surface area contributed by atoms with Crippen molar-refractivity contribution in [3.05, 3.63) is 24.2 Å². The van der Waals surface area contributed by atoms with Gasteiger partial charge in [0.25, 0.3) is 0 Å². The Hall–Kier alpha value is -2.11. The van der Waals surface area contributed by atoms with Crippen molar-refractivity contribution in [2.45, 2.75) is 38.6 Å². The predicted molar refractivity (Wildman–Crippen MR) is 75.0 cm³/mol. The number of carboxylic acid groups (broad SMARTS) is 1. The molecule has 6 heteroatoms. The van der Waals surface area contributed by atoms with Gasteiger partial charge in [-0.15, -0.1) is 0 Å². The third-order valence-electron chi connectivity index (χ3n) is 4.10. The lowest BCUT2D eigenvalue weighted by molar-refractivity contribution is -0.143. The van der Waals surface area contributed by atoms with Crippen LogP contribution in [0.5, 0.6) is 0 Å². The number of anilines is 1. The van der Waals surface area contributed by atoms with Crippen LogP contribution in [0.4, 0.5) is 5.82 Å². The number of aliphatic carboxylic acids is 1. The van der Waals surface area contributed by atoms with E-state index in [1.807, 2.05) is 17.9 Å². The summed E-state index contributed by atoms with van der Waals surface area (Å²) in [5, 5.41) is 14.0. The number of fused-ring (bicyclic) bond motifs is 1. The molecule has 1 atom stereocenters. The molecule has 106 valence electrons. The number of carbonyl (C=O) groups is 1. The highest BCUT2D eigenvalue weighted by atomic mass is 16.4. The molecule has 3 rings (SSSR count). The maximum Gasteiger partial charge on any atom is 0.329 e. The SMILES string of the molecule is Cc1cc2c(N3CCCCC3(C)C(=O)O)nccn2n1. The van der Waals surface area contributed by atoms with Gasteiger partial charge in [0.2, 0.25) is 0 Å². The summed E-state index contributed by atoms with van der Waals surface area (Å²) in [6, 6.07) is 1.94. The summed E-state index contributed by atoms with van der Waals surface area (Å²) in [6.07, 6.45) is 6.01. The zero-order chi connectivity index (χ0) is 14.3. The minimum atomic E-state index is -0.898. The van der Waals surface area contributed by atoms with E-state index in [-0.39, 0.29) is 0 Å². The molecule has 0 saturated carbocycles. The van der Waals surface area contributed by atoms with Gasteiger partial charge in [-0.25, -0.2) is 14.3 Å². The molecule has 0 amide bonds. The average molecular weight is 274 g/mol. The van der Waals surface area contributed by atoms with Gasteiger partial charge >= 0.3 is 5.97 Å². The van der Waals surface area contributed by atoms with Crippen LogP contribution in [0, 0.1) is 6.92 Å². The summed E-state index contributed by atoms with van der Waals surface area (Å²) in [4.78, 5) is 18.0. The second kappa shape index (κ2) is 4.47. The van der Waals surface area contributed by atoms with Gasteiger partial charge in [-0.05, 0) is 39.2 Å². The van der Waals surface area contributed by atoms with Gasteiger partial charge in [0.1, 0.15) is 11.1 Å². The Morgan fingerprint density at radius 3 is 3.00 bits per heavy atom.